The van der Waals surface area contributed by atoms with E-state index in [1.807, 2.05) is 19.2 Å². The van der Waals surface area contributed by atoms with Crippen molar-refractivity contribution in [2.45, 2.75) is 55.2 Å². The van der Waals surface area contributed by atoms with E-state index in [9.17, 15) is 8.42 Å². The molecule has 3 aliphatic rings. The Morgan fingerprint density at radius 1 is 1.17 bits per heavy atom. The molecule has 6 heteroatoms. The molecule has 1 atom stereocenters. The molecule has 2 fully saturated rings. The van der Waals surface area contributed by atoms with E-state index in [4.69, 9.17) is 11.6 Å². The average molecular weight is 445 g/mol. The average Bonchev–Trinajstić information content (AvgIpc) is 2.97. The summed E-state index contributed by atoms with van der Waals surface area (Å²) in [7, 11) is -1.04. The van der Waals surface area contributed by atoms with Crippen LogP contribution in [-0.2, 0) is 28.4 Å². The van der Waals surface area contributed by atoms with Gasteiger partial charge in [0.1, 0.15) is 0 Å². The minimum atomic E-state index is -3.08. The lowest BCUT2D eigenvalue weighted by Gasteiger charge is -2.42. The zero-order valence-corrected chi connectivity index (χ0v) is 19.0. The zero-order valence-electron chi connectivity index (χ0n) is 17.4. The van der Waals surface area contributed by atoms with Crippen molar-refractivity contribution in [3.63, 3.8) is 0 Å². The monoisotopic (exact) mass is 444 g/mol. The van der Waals surface area contributed by atoms with Gasteiger partial charge in [-0.2, -0.15) is 0 Å². The van der Waals surface area contributed by atoms with Crippen LogP contribution in [0.1, 0.15) is 53.9 Å². The Morgan fingerprint density at radius 3 is 2.63 bits per heavy atom. The molecule has 1 aliphatic heterocycles. The lowest BCUT2D eigenvalue weighted by Crippen LogP contribution is -2.53. The molecular weight excluding hydrogens is 416 g/mol. The van der Waals surface area contributed by atoms with E-state index in [1.54, 1.807) is 4.31 Å². The minimum absolute atomic E-state index is 0.0997. The smallest absolute Gasteiger partial charge is 0.217 e. The molecule has 0 aromatic heterocycles. The van der Waals surface area contributed by atoms with Crippen molar-refractivity contribution in [3.05, 3.63) is 69.7 Å². The summed E-state index contributed by atoms with van der Waals surface area (Å²) in [6, 6.07) is 14.9. The van der Waals surface area contributed by atoms with Crippen molar-refractivity contribution in [1.82, 2.24) is 9.62 Å². The molecule has 1 saturated heterocycles. The molecule has 1 saturated carbocycles. The fourth-order valence-electron chi connectivity index (χ4n) is 5.26. The zero-order chi connectivity index (χ0) is 20.9. The van der Waals surface area contributed by atoms with Crippen LogP contribution in [0.4, 0.5) is 0 Å². The maximum absolute atomic E-state index is 12.6. The van der Waals surface area contributed by atoms with Crippen molar-refractivity contribution in [2.24, 2.45) is 0 Å². The molecule has 30 heavy (non-hydrogen) atoms. The number of hydrogen-bond donors (Lipinski definition) is 1. The van der Waals surface area contributed by atoms with E-state index in [0.717, 1.165) is 43.5 Å². The normalized spacial score (nSPS) is 25.0. The first-order chi connectivity index (χ1) is 14.4. The van der Waals surface area contributed by atoms with Crippen molar-refractivity contribution in [3.8, 4) is 0 Å². The summed E-state index contributed by atoms with van der Waals surface area (Å²) < 4.78 is 27.0. The van der Waals surface area contributed by atoms with E-state index < -0.39 is 10.0 Å². The van der Waals surface area contributed by atoms with Crippen LogP contribution in [0, 0.1) is 0 Å². The molecule has 2 aromatic rings. The lowest BCUT2D eigenvalue weighted by atomic mass is 9.82. The van der Waals surface area contributed by atoms with Crippen LogP contribution in [0.25, 0.3) is 0 Å². The summed E-state index contributed by atoms with van der Waals surface area (Å²) in [6.45, 7) is 1.25. The Hall–Kier alpha value is -1.40. The summed E-state index contributed by atoms with van der Waals surface area (Å²) >= 11 is 6.23. The van der Waals surface area contributed by atoms with E-state index >= 15 is 0 Å². The Kier molecular flexibility index (Phi) is 5.21. The van der Waals surface area contributed by atoms with Crippen molar-refractivity contribution >= 4 is 21.6 Å². The molecule has 1 N–H and O–H groups in total. The maximum Gasteiger partial charge on any atom is 0.217 e. The Balaban J connectivity index is 1.37. The van der Waals surface area contributed by atoms with Gasteiger partial charge in [0.15, 0.2) is 0 Å². The molecule has 0 amide bonds. The van der Waals surface area contributed by atoms with Gasteiger partial charge in [0, 0.05) is 29.6 Å². The second-order valence-electron chi connectivity index (χ2n) is 9.17. The molecule has 2 aliphatic carbocycles. The first kappa shape index (κ1) is 20.5. The van der Waals surface area contributed by atoms with Crippen molar-refractivity contribution in [2.75, 3.05) is 20.1 Å². The van der Waals surface area contributed by atoms with Crippen LogP contribution in [0.5, 0.6) is 0 Å². The molecule has 5 rings (SSSR count). The molecule has 0 bridgehead atoms. The van der Waals surface area contributed by atoms with Crippen LogP contribution in [0.3, 0.4) is 0 Å². The molecule has 160 valence electrons. The molecular formula is C24H29ClN2O2S. The number of halogens is 1. The number of hydrogen-bond acceptors (Lipinski definition) is 3. The largest absolute Gasteiger partial charge is 0.310 e. The molecule has 0 spiro atoms. The van der Waals surface area contributed by atoms with Gasteiger partial charge in [0.2, 0.25) is 10.0 Å². The molecule has 4 nitrogen and oxygen atoms in total. The van der Waals surface area contributed by atoms with Crippen LogP contribution in [-0.4, -0.2) is 38.1 Å². The number of nitrogens with zero attached hydrogens (tertiary/aromatic N) is 1. The molecule has 0 radical (unpaired) electrons. The Labute approximate surface area is 184 Å². The van der Waals surface area contributed by atoms with E-state index in [2.05, 4.69) is 35.6 Å². The third-order valence-electron chi connectivity index (χ3n) is 7.50. The van der Waals surface area contributed by atoms with Gasteiger partial charge in [0.05, 0.1) is 5.25 Å². The SMILES string of the molecule is CNC1(Cc2cccc(Cl)c2)CCc2ccc(C3CN(S(=O)(=O)C4CCC4)C3)cc21. The fraction of sp³-hybridized carbons (Fsp3) is 0.500. The van der Waals surface area contributed by atoms with E-state index in [0.29, 0.717) is 19.0 Å². The van der Waals surface area contributed by atoms with Crippen molar-refractivity contribution < 1.29 is 8.42 Å². The summed E-state index contributed by atoms with van der Waals surface area (Å²) in [6.07, 6.45) is 5.72. The van der Waals surface area contributed by atoms with Gasteiger partial charge in [0.25, 0.3) is 0 Å². The first-order valence-electron chi connectivity index (χ1n) is 11.0. The van der Waals surface area contributed by atoms with Gasteiger partial charge < -0.3 is 5.32 Å². The summed E-state index contributed by atoms with van der Waals surface area (Å²) in [5, 5.41) is 4.26. The highest BCUT2D eigenvalue weighted by molar-refractivity contribution is 7.89. The van der Waals surface area contributed by atoms with Gasteiger partial charge in [-0.3, -0.25) is 0 Å². The number of rotatable bonds is 6. The Bertz CT molecular complexity index is 1060. The number of sulfonamides is 1. The summed E-state index contributed by atoms with van der Waals surface area (Å²) in [5.41, 5.74) is 5.16. The van der Waals surface area contributed by atoms with Gasteiger partial charge in [-0.05, 0) is 73.5 Å². The highest BCUT2D eigenvalue weighted by Gasteiger charge is 2.44. The lowest BCUT2D eigenvalue weighted by molar-refractivity contribution is 0.254. The highest BCUT2D eigenvalue weighted by atomic mass is 35.5. The van der Waals surface area contributed by atoms with Gasteiger partial charge in [-0.1, -0.05) is 48.4 Å². The number of aryl methyl sites for hydroxylation is 1. The van der Waals surface area contributed by atoms with Crippen molar-refractivity contribution in [1.29, 1.82) is 0 Å². The number of benzene rings is 2. The van der Waals surface area contributed by atoms with Crippen LogP contribution in [0.2, 0.25) is 5.02 Å². The van der Waals surface area contributed by atoms with E-state index in [1.165, 1.54) is 22.3 Å². The van der Waals surface area contributed by atoms with Crippen LogP contribution in [0.15, 0.2) is 42.5 Å². The Morgan fingerprint density at radius 2 is 1.97 bits per heavy atom. The third-order valence-corrected chi connectivity index (χ3v) is 10.1. The van der Waals surface area contributed by atoms with Crippen LogP contribution >= 0.6 is 11.6 Å². The predicted molar refractivity (Wildman–Crippen MR) is 122 cm³/mol. The molecule has 2 aromatic carbocycles. The fourth-order valence-corrected chi connectivity index (χ4v) is 7.60. The van der Waals surface area contributed by atoms with Gasteiger partial charge >= 0.3 is 0 Å². The number of fused-ring (bicyclic) bond motifs is 1. The van der Waals surface area contributed by atoms with Gasteiger partial charge in [-0.15, -0.1) is 0 Å². The maximum atomic E-state index is 12.6. The quantitative estimate of drug-likeness (QED) is 0.725. The first-order valence-corrected chi connectivity index (χ1v) is 12.8. The topological polar surface area (TPSA) is 49.4 Å². The standard InChI is InChI=1S/C24H29ClN2O2S/c1-26-24(14-17-4-2-5-21(25)12-17)11-10-18-8-9-19(13-23(18)24)20-15-27(16-20)30(28,29)22-6-3-7-22/h2,4-5,8-9,12-13,20,22,26H,3,6-7,10-11,14-16H2,1H3. The second kappa shape index (κ2) is 7.63. The second-order valence-corrected chi connectivity index (χ2v) is 11.8. The van der Waals surface area contributed by atoms with Gasteiger partial charge in [-0.25, -0.2) is 12.7 Å². The third kappa shape index (κ3) is 3.40. The summed E-state index contributed by atoms with van der Waals surface area (Å²) in [5.74, 6) is 0.298. The minimum Gasteiger partial charge on any atom is -0.310 e. The predicted octanol–water partition coefficient (Wildman–Crippen LogP) is 4.23. The van der Waals surface area contributed by atoms with E-state index in [-0.39, 0.29) is 10.8 Å². The summed E-state index contributed by atoms with van der Waals surface area (Å²) in [4.78, 5) is 0. The molecule has 1 unspecified atom stereocenters. The highest BCUT2D eigenvalue weighted by Crippen LogP contribution is 2.42. The molecule has 1 heterocycles. The number of likely N-dealkylation sites (N-methyl/N-ethyl adjacent to an activating group) is 1. The van der Waals surface area contributed by atoms with Crippen LogP contribution < -0.4 is 5.32 Å². The number of nitrogens with one attached hydrogen (secondary N) is 1.